The van der Waals surface area contributed by atoms with Crippen molar-refractivity contribution < 1.29 is 0 Å². The molecular weight excluding hydrogens is 206 g/mol. The standard InChI is InChI=1S/C11H19N3S/c1-9(12)10-2-5-14(6-3-10)8-11-13-4-7-15-11/h4,7,9-10H,2-3,5-6,8,12H2,1H3. The zero-order valence-corrected chi connectivity index (χ0v) is 10.0. The Balaban J connectivity index is 1.79. The van der Waals surface area contributed by atoms with E-state index in [0.29, 0.717) is 6.04 Å². The van der Waals surface area contributed by atoms with Crippen LogP contribution in [0, 0.1) is 5.92 Å². The van der Waals surface area contributed by atoms with E-state index in [-0.39, 0.29) is 0 Å². The van der Waals surface area contributed by atoms with Crippen LogP contribution in [0.15, 0.2) is 11.6 Å². The molecule has 0 spiro atoms. The van der Waals surface area contributed by atoms with Crippen molar-refractivity contribution in [3.63, 3.8) is 0 Å². The van der Waals surface area contributed by atoms with E-state index < -0.39 is 0 Å². The number of hydrogen-bond donors (Lipinski definition) is 1. The van der Waals surface area contributed by atoms with E-state index in [1.54, 1.807) is 11.3 Å². The van der Waals surface area contributed by atoms with Crippen molar-refractivity contribution in [2.75, 3.05) is 13.1 Å². The van der Waals surface area contributed by atoms with Crippen LogP contribution in [0.4, 0.5) is 0 Å². The number of thiazole rings is 1. The first kappa shape index (κ1) is 11.0. The van der Waals surface area contributed by atoms with Crippen molar-refractivity contribution in [3.8, 4) is 0 Å². The maximum absolute atomic E-state index is 5.92. The minimum absolute atomic E-state index is 0.354. The van der Waals surface area contributed by atoms with Gasteiger partial charge in [-0.1, -0.05) is 0 Å². The molecule has 1 aliphatic heterocycles. The van der Waals surface area contributed by atoms with Gasteiger partial charge in [-0.2, -0.15) is 0 Å². The molecule has 1 aromatic rings. The van der Waals surface area contributed by atoms with Crippen LogP contribution in [0.5, 0.6) is 0 Å². The molecule has 1 fully saturated rings. The fraction of sp³-hybridized carbons (Fsp3) is 0.727. The van der Waals surface area contributed by atoms with Gasteiger partial charge in [0.05, 0.1) is 6.54 Å². The molecule has 15 heavy (non-hydrogen) atoms. The van der Waals surface area contributed by atoms with Gasteiger partial charge in [0.1, 0.15) is 5.01 Å². The van der Waals surface area contributed by atoms with Gasteiger partial charge in [0.15, 0.2) is 0 Å². The molecule has 1 aliphatic rings. The molecule has 0 radical (unpaired) electrons. The molecule has 4 heteroatoms. The first-order valence-electron chi connectivity index (χ1n) is 5.62. The van der Waals surface area contributed by atoms with Crippen LogP contribution in [0.3, 0.4) is 0 Å². The highest BCUT2D eigenvalue weighted by Gasteiger charge is 2.21. The highest BCUT2D eigenvalue weighted by molar-refractivity contribution is 7.09. The van der Waals surface area contributed by atoms with Gasteiger partial charge in [0, 0.05) is 17.6 Å². The normalized spacial score (nSPS) is 21.7. The van der Waals surface area contributed by atoms with Crippen molar-refractivity contribution in [2.45, 2.75) is 32.4 Å². The predicted molar refractivity (Wildman–Crippen MR) is 63.8 cm³/mol. The minimum Gasteiger partial charge on any atom is -0.328 e. The fourth-order valence-electron chi connectivity index (χ4n) is 2.16. The Kier molecular flexibility index (Phi) is 3.72. The average Bonchev–Trinajstić information content (AvgIpc) is 2.71. The van der Waals surface area contributed by atoms with Crippen molar-refractivity contribution in [1.29, 1.82) is 0 Å². The molecule has 84 valence electrons. The summed E-state index contributed by atoms with van der Waals surface area (Å²) in [5, 5.41) is 3.28. The quantitative estimate of drug-likeness (QED) is 0.851. The molecule has 1 saturated heterocycles. The van der Waals surface area contributed by atoms with Crippen molar-refractivity contribution >= 4 is 11.3 Å². The smallest absolute Gasteiger partial charge is 0.107 e. The molecule has 0 saturated carbocycles. The molecule has 0 amide bonds. The second-order valence-corrected chi connectivity index (χ2v) is 5.38. The summed E-state index contributed by atoms with van der Waals surface area (Å²) in [6.45, 7) is 5.49. The third-order valence-electron chi connectivity index (χ3n) is 3.22. The van der Waals surface area contributed by atoms with E-state index in [9.17, 15) is 0 Å². The molecule has 2 heterocycles. The monoisotopic (exact) mass is 225 g/mol. The van der Waals surface area contributed by atoms with E-state index in [0.717, 1.165) is 12.5 Å². The molecule has 0 aromatic carbocycles. The van der Waals surface area contributed by atoms with E-state index in [1.165, 1.54) is 30.9 Å². The number of hydrogen-bond acceptors (Lipinski definition) is 4. The first-order chi connectivity index (χ1) is 7.25. The zero-order chi connectivity index (χ0) is 10.7. The van der Waals surface area contributed by atoms with E-state index >= 15 is 0 Å². The molecular formula is C11H19N3S. The van der Waals surface area contributed by atoms with Gasteiger partial charge in [0.25, 0.3) is 0 Å². The predicted octanol–water partition coefficient (Wildman–Crippen LogP) is 1.70. The summed E-state index contributed by atoms with van der Waals surface area (Å²) in [5.41, 5.74) is 5.92. The Hall–Kier alpha value is -0.450. The second kappa shape index (κ2) is 5.05. The van der Waals surface area contributed by atoms with Crippen molar-refractivity contribution in [3.05, 3.63) is 16.6 Å². The van der Waals surface area contributed by atoms with E-state index in [2.05, 4.69) is 16.8 Å². The highest BCUT2D eigenvalue weighted by atomic mass is 32.1. The maximum Gasteiger partial charge on any atom is 0.107 e. The summed E-state index contributed by atoms with van der Waals surface area (Å²) < 4.78 is 0. The number of nitrogens with two attached hydrogens (primary N) is 1. The van der Waals surface area contributed by atoms with E-state index in [4.69, 9.17) is 5.73 Å². The Morgan fingerprint density at radius 1 is 1.60 bits per heavy atom. The van der Waals surface area contributed by atoms with Crippen molar-refractivity contribution in [2.24, 2.45) is 11.7 Å². The largest absolute Gasteiger partial charge is 0.328 e. The fourth-order valence-corrected chi connectivity index (χ4v) is 2.82. The third-order valence-corrected chi connectivity index (χ3v) is 3.98. The summed E-state index contributed by atoms with van der Waals surface area (Å²) >= 11 is 1.75. The molecule has 3 nitrogen and oxygen atoms in total. The van der Waals surface area contributed by atoms with E-state index in [1.807, 2.05) is 11.6 Å². The molecule has 0 bridgehead atoms. The SMILES string of the molecule is CC(N)C1CCN(Cc2nccs2)CC1. The maximum atomic E-state index is 5.92. The Bertz CT molecular complexity index is 276. The van der Waals surface area contributed by atoms with Gasteiger partial charge >= 0.3 is 0 Å². The number of piperidine rings is 1. The van der Waals surface area contributed by atoms with Gasteiger partial charge in [-0.15, -0.1) is 11.3 Å². The third kappa shape index (κ3) is 3.00. The topological polar surface area (TPSA) is 42.1 Å². The van der Waals surface area contributed by atoms with Crippen LogP contribution in [-0.4, -0.2) is 29.0 Å². The van der Waals surface area contributed by atoms with Crippen LogP contribution < -0.4 is 5.73 Å². The molecule has 2 rings (SSSR count). The Morgan fingerprint density at radius 2 is 2.33 bits per heavy atom. The lowest BCUT2D eigenvalue weighted by Gasteiger charge is -2.33. The number of aromatic nitrogens is 1. The molecule has 2 N–H and O–H groups in total. The lowest BCUT2D eigenvalue weighted by molar-refractivity contribution is 0.165. The Morgan fingerprint density at radius 3 is 2.87 bits per heavy atom. The highest BCUT2D eigenvalue weighted by Crippen LogP contribution is 2.21. The summed E-state index contributed by atoms with van der Waals surface area (Å²) in [4.78, 5) is 6.80. The van der Waals surface area contributed by atoms with Gasteiger partial charge in [-0.3, -0.25) is 4.90 Å². The van der Waals surface area contributed by atoms with Crippen LogP contribution in [0.1, 0.15) is 24.8 Å². The molecule has 1 unspecified atom stereocenters. The number of rotatable bonds is 3. The summed E-state index contributed by atoms with van der Waals surface area (Å²) in [5.74, 6) is 0.720. The Labute approximate surface area is 95.3 Å². The molecule has 1 aromatic heterocycles. The lowest BCUT2D eigenvalue weighted by Crippen LogP contribution is -2.39. The van der Waals surface area contributed by atoms with Gasteiger partial charge < -0.3 is 5.73 Å². The minimum atomic E-state index is 0.354. The summed E-state index contributed by atoms with van der Waals surface area (Å²) in [7, 11) is 0. The number of nitrogens with zero attached hydrogens (tertiary/aromatic N) is 2. The van der Waals surface area contributed by atoms with Gasteiger partial charge in [0.2, 0.25) is 0 Å². The second-order valence-electron chi connectivity index (χ2n) is 4.40. The van der Waals surface area contributed by atoms with Crippen molar-refractivity contribution in [1.82, 2.24) is 9.88 Å². The zero-order valence-electron chi connectivity index (χ0n) is 9.22. The average molecular weight is 225 g/mol. The summed E-state index contributed by atoms with van der Waals surface area (Å²) in [6.07, 6.45) is 4.36. The van der Waals surface area contributed by atoms with Gasteiger partial charge in [-0.25, -0.2) is 4.98 Å². The van der Waals surface area contributed by atoms with Crippen LogP contribution in [-0.2, 0) is 6.54 Å². The van der Waals surface area contributed by atoms with Gasteiger partial charge in [-0.05, 0) is 38.8 Å². The van der Waals surface area contributed by atoms with Crippen LogP contribution in [0.25, 0.3) is 0 Å². The van der Waals surface area contributed by atoms with Crippen LogP contribution >= 0.6 is 11.3 Å². The van der Waals surface area contributed by atoms with Crippen LogP contribution in [0.2, 0.25) is 0 Å². The lowest BCUT2D eigenvalue weighted by atomic mass is 9.91. The molecule has 0 aliphatic carbocycles. The summed E-state index contributed by atoms with van der Waals surface area (Å²) in [6, 6.07) is 0.354. The molecule has 1 atom stereocenters. The number of likely N-dealkylation sites (tertiary alicyclic amines) is 1. The first-order valence-corrected chi connectivity index (χ1v) is 6.50.